The zero-order valence-electron chi connectivity index (χ0n) is 19.9. The Morgan fingerprint density at radius 3 is 1.83 bits per heavy atom. The minimum atomic E-state index is 0.857. The molecular formula is C25H48N4. The Morgan fingerprint density at radius 2 is 1.17 bits per heavy atom. The van der Waals surface area contributed by atoms with Gasteiger partial charge in [-0.3, -0.25) is 4.90 Å². The van der Waals surface area contributed by atoms with E-state index in [4.69, 9.17) is 0 Å². The third-order valence-electron chi connectivity index (χ3n) is 9.26. The van der Waals surface area contributed by atoms with Gasteiger partial charge in [0, 0.05) is 25.7 Å². The molecule has 4 heterocycles. The summed E-state index contributed by atoms with van der Waals surface area (Å²) in [6.45, 7) is 17.2. The summed E-state index contributed by atoms with van der Waals surface area (Å²) in [5, 5.41) is 0. The van der Waals surface area contributed by atoms with E-state index in [0.717, 1.165) is 35.6 Å². The zero-order chi connectivity index (χ0) is 20.4. The molecule has 0 aromatic rings. The van der Waals surface area contributed by atoms with Gasteiger partial charge in [-0.25, -0.2) is 0 Å². The summed E-state index contributed by atoms with van der Waals surface area (Å²) in [6.07, 6.45) is 8.46. The van der Waals surface area contributed by atoms with Crippen molar-refractivity contribution in [3.8, 4) is 0 Å². The van der Waals surface area contributed by atoms with Crippen LogP contribution < -0.4 is 0 Å². The molecule has 4 heteroatoms. The number of piperidine rings is 4. The Kier molecular flexibility index (Phi) is 7.58. The summed E-state index contributed by atoms with van der Waals surface area (Å²) < 4.78 is 0. The molecular weight excluding hydrogens is 356 g/mol. The van der Waals surface area contributed by atoms with E-state index in [9.17, 15) is 0 Å². The van der Waals surface area contributed by atoms with Crippen molar-refractivity contribution in [2.75, 3.05) is 73.0 Å². The first kappa shape index (κ1) is 22.0. The lowest BCUT2D eigenvalue weighted by molar-refractivity contribution is -0.00976. The van der Waals surface area contributed by atoms with Crippen LogP contribution in [0.5, 0.6) is 0 Å². The first-order valence-electron chi connectivity index (χ1n) is 12.8. The number of rotatable bonds is 4. The molecule has 0 aromatic heterocycles. The largest absolute Gasteiger partial charge is 0.306 e. The summed E-state index contributed by atoms with van der Waals surface area (Å²) >= 11 is 0. The molecule has 29 heavy (non-hydrogen) atoms. The van der Waals surface area contributed by atoms with Crippen molar-refractivity contribution < 1.29 is 0 Å². The summed E-state index contributed by atoms with van der Waals surface area (Å²) in [4.78, 5) is 10.8. The SMILES string of the molecule is C[C@@H]1CCN(CC2CCN(C)CC2)CC1C1CN(C2CCN(C)CC2)CC[C@@H]1C. The Balaban J connectivity index is 1.34. The van der Waals surface area contributed by atoms with Crippen molar-refractivity contribution in [2.45, 2.75) is 58.4 Å². The van der Waals surface area contributed by atoms with E-state index < -0.39 is 0 Å². The van der Waals surface area contributed by atoms with Gasteiger partial charge in [0.05, 0.1) is 0 Å². The van der Waals surface area contributed by atoms with Crippen LogP contribution in [0.2, 0.25) is 0 Å². The second-order valence-electron chi connectivity index (χ2n) is 11.4. The van der Waals surface area contributed by atoms with Crippen molar-refractivity contribution in [3.05, 3.63) is 0 Å². The van der Waals surface area contributed by atoms with Crippen LogP contribution in [-0.2, 0) is 0 Å². The van der Waals surface area contributed by atoms with Gasteiger partial charge in [-0.1, -0.05) is 13.8 Å². The summed E-state index contributed by atoms with van der Waals surface area (Å²) in [6, 6.07) is 0.857. The fourth-order valence-electron chi connectivity index (χ4n) is 6.88. The standard InChI is InChI=1S/C25H48N4/c1-20-5-15-28(17-22-7-11-26(3)12-8-22)18-24(20)25-19-29(16-6-21(25)2)23-9-13-27(4)14-10-23/h20-25H,5-19H2,1-4H3/t20-,21+,24?,25?/m1/s1. The van der Waals surface area contributed by atoms with E-state index in [1.54, 1.807) is 0 Å². The van der Waals surface area contributed by atoms with Crippen LogP contribution in [0.3, 0.4) is 0 Å². The summed E-state index contributed by atoms with van der Waals surface area (Å²) in [5.74, 6) is 4.60. The van der Waals surface area contributed by atoms with Crippen LogP contribution in [0, 0.1) is 29.6 Å². The molecule has 4 fully saturated rings. The molecule has 0 radical (unpaired) electrons. The minimum absolute atomic E-state index is 0.857. The smallest absolute Gasteiger partial charge is 0.0120 e. The molecule has 4 rings (SSSR count). The Hall–Kier alpha value is -0.160. The maximum atomic E-state index is 2.92. The van der Waals surface area contributed by atoms with Gasteiger partial charge in [0.25, 0.3) is 0 Å². The maximum Gasteiger partial charge on any atom is 0.0120 e. The normalized spacial score (nSPS) is 38.5. The van der Waals surface area contributed by atoms with E-state index in [1.807, 2.05) is 0 Å². The van der Waals surface area contributed by atoms with Gasteiger partial charge in [-0.05, 0) is 121 Å². The van der Waals surface area contributed by atoms with Crippen molar-refractivity contribution in [3.63, 3.8) is 0 Å². The topological polar surface area (TPSA) is 13.0 Å². The van der Waals surface area contributed by atoms with Gasteiger partial charge in [0.15, 0.2) is 0 Å². The number of hydrogen-bond acceptors (Lipinski definition) is 4. The third kappa shape index (κ3) is 5.56. The van der Waals surface area contributed by atoms with Crippen molar-refractivity contribution in [1.82, 2.24) is 19.6 Å². The Morgan fingerprint density at radius 1 is 0.621 bits per heavy atom. The molecule has 4 nitrogen and oxygen atoms in total. The highest BCUT2D eigenvalue weighted by atomic mass is 15.2. The van der Waals surface area contributed by atoms with Crippen molar-refractivity contribution >= 4 is 0 Å². The van der Waals surface area contributed by atoms with Crippen LogP contribution in [-0.4, -0.2) is 98.6 Å². The predicted octanol–water partition coefficient (Wildman–Crippen LogP) is 3.34. The second-order valence-corrected chi connectivity index (χ2v) is 11.4. The predicted molar refractivity (Wildman–Crippen MR) is 123 cm³/mol. The van der Waals surface area contributed by atoms with E-state index >= 15 is 0 Å². The molecule has 0 amide bonds. The molecule has 0 aromatic carbocycles. The maximum absolute atomic E-state index is 2.92. The van der Waals surface area contributed by atoms with E-state index in [0.29, 0.717) is 0 Å². The quantitative estimate of drug-likeness (QED) is 0.712. The molecule has 4 aliphatic rings. The van der Waals surface area contributed by atoms with E-state index in [-0.39, 0.29) is 0 Å². The number of hydrogen-bond donors (Lipinski definition) is 0. The highest BCUT2D eigenvalue weighted by molar-refractivity contribution is 4.92. The molecule has 2 unspecified atom stereocenters. The van der Waals surface area contributed by atoms with Gasteiger partial charge in [0.1, 0.15) is 0 Å². The van der Waals surface area contributed by atoms with E-state index in [2.05, 4.69) is 47.5 Å². The Bertz CT molecular complexity index is 495. The minimum Gasteiger partial charge on any atom is -0.306 e. The van der Waals surface area contributed by atoms with Gasteiger partial charge >= 0.3 is 0 Å². The Labute approximate surface area is 181 Å². The van der Waals surface area contributed by atoms with Gasteiger partial charge < -0.3 is 14.7 Å². The molecule has 0 spiro atoms. The zero-order valence-corrected chi connectivity index (χ0v) is 19.9. The van der Waals surface area contributed by atoms with Gasteiger partial charge in [-0.15, -0.1) is 0 Å². The van der Waals surface area contributed by atoms with Crippen LogP contribution in [0.15, 0.2) is 0 Å². The molecule has 4 aliphatic heterocycles. The van der Waals surface area contributed by atoms with Gasteiger partial charge in [-0.2, -0.15) is 0 Å². The van der Waals surface area contributed by atoms with Crippen LogP contribution in [0.4, 0.5) is 0 Å². The lowest BCUT2D eigenvalue weighted by Crippen LogP contribution is -2.54. The molecule has 0 aliphatic carbocycles. The molecule has 0 bridgehead atoms. The molecule has 0 saturated carbocycles. The highest BCUT2D eigenvalue weighted by Crippen LogP contribution is 2.39. The fraction of sp³-hybridized carbons (Fsp3) is 1.00. The lowest BCUT2D eigenvalue weighted by atomic mass is 9.70. The molecule has 168 valence electrons. The van der Waals surface area contributed by atoms with Crippen molar-refractivity contribution in [2.24, 2.45) is 29.6 Å². The number of likely N-dealkylation sites (tertiary alicyclic amines) is 4. The fourth-order valence-corrected chi connectivity index (χ4v) is 6.88. The second kappa shape index (κ2) is 9.97. The molecule has 0 N–H and O–H groups in total. The average molecular weight is 405 g/mol. The van der Waals surface area contributed by atoms with Gasteiger partial charge in [0.2, 0.25) is 0 Å². The molecule has 4 saturated heterocycles. The number of nitrogens with zero attached hydrogens (tertiary/aromatic N) is 4. The van der Waals surface area contributed by atoms with E-state index in [1.165, 1.54) is 97.4 Å². The third-order valence-corrected chi connectivity index (χ3v) is 9.26. The van der Waals surface area contributed by atoms with Crippen LogP contribution in [0.25, 0.3) is 0 Å². The van der Waals surface area contributed by atoms with Crippen LogP contribution in [0.1, 0.15) is 52.4 Å². The first-order chi connectivity index (χ1) is 14.0. The van der Waals surface area contributed by atoms with Crippen molar-refractivity contribution in [1.29, 1.82) is 0 Å². The average Bonchev–Trinajstić information content (AvgIpc) is 2.72. The van der Waals surface area contributed by atoms with Crippen LogP contribution >= 0.6 is 0 Å². The molecule has 4 atom stereocenters. The monoisotopic (exact) mass is 404 g/mol. The lowest BCUT2D eigenvalue weighted by Gasteiger charge is -2.50. The summed E-state index contributed by atoms with van der Waals surface area (Å²) in [7, 11) is 4.58. The summed E-state index contributed by atoms with van der Waals surface area (Å²) in [5.41, 5.74) is 0. The highest BCUT2D eigenvalue weighted by Gasteiger charge is 2.40. The first-order valence-corrected chi connectivity index (χ1v) is 12.8.